The molecule has 1 heterocycles. The fourth-order valence-corrected chi connectivity index (χ4v) is 3.40. The number of aromatic nitrogens is 1. The average molecular weight is 398 g/mol. The van der Waals surface area contributed by atoms with Crippen molar-refractivity contribution in [2.24, 2.45) is 4.99 Å². The summed E-state index contributed by atoms with van der Waals surface area (Å²) >= 11 is 0.931. The molecule has 27 heavy (non-hydrogen) atoms. The lowest BCUT2D eigenvalue weighted by atomic mass is 10.1. The fraction of sp³-hybridized carbons (Fsp3) is 0.118. The third-order valence-electron chi connectivity index (χ3n) is 3.57. The molecule has 1 amide bonds. The molecule has 140 valence electrons. The van der Waals surface area contributed by atoms with E-state index in [1.54, 1.807) is 0 Å². The number of alkyl halides is 3. The van der Waals surface area contributed by atoms with Gasteiger partial charge in [-0.2, -0.15) is 18.2 Å². The second kappa shape index (κ2) is 6.95. The molecule has 0 saturated carbocycles. The predicted molar refractivity (Wildman–Crippen MR) is 88.7 cm³/mol. The van der Waals surface area contributed by atoms with Crippen molar-refractivity contribution in [2.45, 2.75) is 12.7 Å². The van der Waals surface area contributed by atoms with Crippen LogP contribution in [0.25, 0.3) is 10.2 Å². The van der Waals surface area contributed by atoms with Crippen LogP contribution in [0.4, 0.5) is 17.6 Å². The normalized spacial score (nSPS) is 12.5. The smallest absolute Gasteiger partial charge is 0.416 e. The van der Waals surface area contributed by atoms with Crippen LogP contribution in [0.2, 0.25) is 0 Å². The molecule has 0 unspecified atom stereocenters. The summed E-state index contributed by atoms with van der Waals surface area (Å²) in [5.41, 5.74) is -1.08. The molecule has 10 heteroatoms. The number of rotatable bonds is 3. The first kappa shape index (κ1) is 18.8. The number of hydrogen-bond acceptors (Lipinski definition) is 3. The molecule has 0 fully saturated rings. The minimum atomic E-state index is -4.62. The molecule has 0 aliphatic rings. The highest BCUT2D eigenvalue weighted by molar-refractivity contribution is 7.16. The van der Waals surface area contributed by atoms with Crippen molar-refractivity contribution >= 4 is 33.4 Å². The van der Waals surface area contributed by atoms with Crippen LogP contribution in [0, 0.1) is 5.82 Å². The summed E-state index contributed by atoms with van der Waals surface area (Å²) in [6.45, 7) is -0.585. The number of benzene rings is 2. The van der Waals surface area contributed by atoms with Crippen molar-refractivity contribution < 1.29 is 32.3 Å². The lowest BCUT2D eigenvalue weighted by molar-refractivity contribution is -0.138. The van der Waals surface area contributed by atoms with Crippen LogP contribution in [-0.4, -0.2) is 21.6 Å². The number of carbonyl (C=O) groups is 2. The first-order chi connectivity index (χ1) is 12.6. The quantitative estimate of drug-likeness (QED) is 0.684. The first-order valence-electron chi connectivity index (χ1n) is 7.42. The van der Waals surface area contributed by atoms with Crippen LogP contribution in [0.3, 0.4) is 0 Å². The minimum absolute atomic E-state index is 0.0552. The molecule has 3 aromatic rings. The Balaban J connectivity index is 2.12. The Labute approximate surface area is 152 Å². The summed E-state index contributed by atoms with van der Waals surface area (Å²) in [6, 6.07) is 7.42. The summed E-state index contributed by atoms with van der Waals surface area (Å²) in [6.07, 6.45) is -4.62. The molecule has 1 aromatic heterocycles. The van der Waals surface area contributed by atoms with Crippen LogP contribution in [0.1, 0.15) is 15.9 Å². The van der Waals surface area contributed by atoms with E-state index in [0.717, 1.165) is 34.1 Å². The van der Waals surface area contributed by atoms with Gasteiger partial charge in [0.1, 0.15) is 12.4 Å². The van der Waals surface area contributed by atoms with E-state index in [-0.39, 0.29) is 15.9 Å². The molecule has 0 spiro atoms. The fourth-order valence-electron chi connectivity index (χ4n) is 2.40. The van der Waals surface area contributed by atoms with Crippen LogP contribution < -0.4 is 4.80 Å². The zero-order valence-corrected chi connectivity index (χ0v) is 14.1. The Kier molecular flexibility index (Phi) is 4.83. The van der Waals surface area contributed by atoms with E-state index in [1.165, 1.54) is 18.2 Å². The molecular formula is C17H10F4N2O3S. The van der Waals surface area contributed by atoms with Gasteiger partial charge in [0.05, 0.1) is 15.8 Å². The monoisotopic (exact) mass is 398 g/mol. The van der Waals surface area contributed by atoms with Gasteiger partial charge in [0, 0.05) is 5.56 Å². The Morgan fingerprint density at radius 2 is 1.89 bits per heavy atom. The Morgan fingerprint density at radius 3 is 2.56 bits per heavy atom. The zero-order chi connectivity index (χ0) is 19.8. The molecule has 0 aliphatic heterocycles. The number of aliphatic carboxylic acids is 1. The maximum atomic E-state index is 13.5. The molecule has 5 nitrogen and oxygen atoms in total. The molecule has 0 atom stereocenters. The van der Waals surface area contributed by atoms with Gasteiger partial charge in [0.2, 0.25) is 0 Å². The Bertz CT molecular complexity index is 1120. The van der Waals surface area contributed by atoms with Crippen molar-refractivity contribution in [3.8, 4) is 0 Å². The average Bonchev–Trinajstić information content (AvgIpc) is 2.90. The van der Waals surface area contributed by atoms with Gasteiger partial charge in [-0.25, -0.2) is 4.39 Å². The topological polar surface area (TPSA) is 71.7 Å². The van der Waals surface area contributed by atoms with Gasteiger partial charge in [-0.15, -0.1) is 0 Å². The summed E-state index contributed by atoms with van der Waals surface area (Å²) in [7, 11) is 0. The second-order valence-corrected chi connectivity index (χ2v) is 6.48. The van der Waals surface area contributed by atoms with E-state index < -0.39 is 36.0 Å². The molecule has 0 aliphatic carbocycles. The largest absolute Gasteiger partial charge is 0.480 e. The molecule has 1 N–H and O–H groups in total. The van der Waals surface area contributed by atoms with Crippen molar-refractivity contribution in [3.63, 3.8) is 0 Å². The van der Waals surface area contributed by atoms with E-state index in [1.807, 2.05) is 0 Å². The number of halogens is 4. The number of carboxylic acid groups (broad SMARTS) is 1. The highest BCUT2D eigenvalue weighted by Crippen LogP contribution is 2.29. The van der Waals surface area contributed by atoms with Gasteiger partial charge < -0.3 is 9.67 Å². The van der Waals surface area contributed by atoms with Gasteiger partial charge in [0.25, 0.3) is 5.91 Å². The number of carbonyl (C=O) groups excluding carboxylic acids is 1. The number of fused-ring (bicyclic) bond motifs is 1. The molecular weight excluding hydrogens is 388 g/mol. The van der Waals surface area contributed by atoms with Gasteiger partial charge in [0.15, 0.2) is 4.80 Å². The number of amides is 1. The second-order valence-electron chi connectivity index (χ2n) is 5.47. The molecule has 0 radical (unpaired) electrons. The van der Waals surface area contributed by atoms with Crippen LogP contribution in [-0.2, 0) is 17.5 Å². The molecule has 0 bridgehead atoms. The predicted octanol–water partition coefficient (Wildman–Crippen LogP) is 3.69. The minimum Gasteiger partial charge on any atom is -0.480 e. The zero-order valence-electron chi connectivity index (χ0n) is 13.3. The third-order valence-corrected chi connectivity index (χ3v) is 4.63. The van der Waals surface area contributed by atoms with Crippen molar-refractivity contribution in [1.29, 1.82) is 0 Å². The summed E-state index contributed by atoms with van der Waals surface area (Å²) < 4.78 is 53.5. The van der Waals surface area contributed by atoms with E-state index in [0.29, 0.717) is 10.8 Å². The van der Waals surface area contributed by atoms with Crippen molar-refractivity contribution in [3.05, 3.63) is 64.2 Å². The summed E-state index contributed by atoms with van der Waals surface area (Å²) in [5.74, 6) is -2.81. The number of nitrogens with zero attached hydrogens (tertiary/aromatic N) is 2. The van der Waals surface area contributed by atoms with Gasteiger partial charge in [-0.3, -0.25) is 9.59 Å². The number of thiazole rings is 1. The highest BCUT2D eigenvalue weighted by Gasteiger charge is 2.30. The van der Waals surface area contributed by atoms with Crippen molar-refractivity contribution in [1.82, 2.24) is 4.57 Å². The van der Waals surface area contributed by atoms with E-state index >= 15 is 0 Å². The lowest BCUT2D eigenvalue weighted by Gasteiger charge is -2.06. The number of hydrogen-bond donors (Lipinski definition) is 1. The molecule has 0 saturated heterocycles. The lowest BCUT2D eigenvalue weighted by Crippen LogP contribution is -2.21. The number of carboxylic acids is 1. The Morgan fingerprint density at radius 1 is 1.15 bits per heavy atom. The molecule has 2 aromatic carbocycles. The van der Waals surface area contributed by atoms with Crippen LogP contribution in [0.15, 0.2) is 47.5 Å². The van der Waals surface area contributed by atoms with Gasteiger partial charge in [-0.1, -0.05) is 17.4 Å². The van der Waals surface area contributed by atoms with Gasteiger partial charge >= 0.3 is 12.1 Å². The van der Waals surface area contributed by atoms with Crippen molar-refractivity contribution in [2.75, 3.05) is 0 Å². The highest BCUT2D eigenvalue weighted by atomic mass is 32.1. The maximum absolute atomic E-state index is 13.5. The van der Waals surface area contributed by atoms with E-state index in [2.05, 4.69) is 4.99 Å². The van der Waals surface area contributed by atoms with E-state index in [4.69, 9.17) is 5.11 Å². The maximum Gasteiger partial charge on any atom is 0.416 e. The van der Waals surface area contributed by atoms with Crippen LogP contribution >= 0.6 is 11.3 Å². The Hall–Kier alpha value is -3.01. The van der Waals surface area contributed by atoms with E-state index in [9.17, 15) is 27.2 Å². The SMILES string of the molecule is O=C(O)Cn1c(=NC(=O)c2cccc(C(F)(F)F)c2)sc2ccc(F)cc21. The van der Waals surface area contributed by atoms with Crippen LogP contribution in [0.5, 0.6) is 0 Å². The van der Waals surface area contributed by atoms with Gasteiger partial charge in [-0.05, 0) is 36.4 Å². The third kappa shape index (κ3) is 4.05. The molecule has 3 rings (SSSR count). The summed E-state index contributed by atoms with van der Waals surface area (Å²) in [4.78, 5) is 27.1. The first-order valence-corrected chi connectivity index (χ1v) is 8.24. The standard InChI is InChI=1S/C17H10F4N2O3S/c18-11-4-5-13-12(7-11)23(8-14(24)25)16(27-13)22-15(26)9-2-1-3-10(6-9)17(19,20)21/h1-7H,8H2,(H,24,25). The summed E-state index contributed by atoms with van der Waals surface area (Å²) in [5, 5.41) is 9.05.